The molecule has 21 heavy (non-hydrogen) atoms. The second-order valence-electron chi connectivity index (χ2n) is 5.42. The summed E-state index contributed by atoms with van der Waals surface area (Å²) in [5, 5.41) is 6.19. The fourth-order valence-corrected chi connectivity index (χ4v) is 2.12. The van der Waals surface area contributed by atoms with Crippen LogP contribution in [0.2, 0.25) is 0 Å². The number of halogens is 1. The van der Waals surface area contributed by atoms with E-state index in [9.17, 15) is 4.79 Å². The number of carbonyl (C=O) groups is 1. The van der Waals surface area contributed by atoms with Gasteiger partial charge in [-0.15, -0.1) is 0 Å². The smallest absolute Gasteiger partial charge is 0.257 e. The Morgan fingerprint density at radius 1 is 1.38 bits per heavy atom. The van der Waals surface area contributed by atoms with Gasteiger partial charge in [0.2, 0.25) is 0 Å². The first-order chi connectivity index (χ1) is 10.0. The first kappa shape index (κ1) is 18.0. The van der Waals surface area contributed by atoms with Crippen molar-refractivity contribution in [1.29, 1.82) is 0 Å². The molecule has 0 aromatic heterocycles. The second kappa shape index (κ2) is 9.79. The normalized spacial score (nSPS) is 10.7. The number of benzene rings is 1. The van der Waals surface area contributed by atoms with Crippen molar-refractivity contribution in [3.05, 3.63) is 28.2 Å². The number of nitrogens with one attached hydrogen (secondary N) is 2. The summed E-state index contributed by atoms with van der Waals surface area (Å²) < 4.78 is 6.57. The lowest BCUT2D eigenvalue weighted by molar-refractivity contribution is -0.123. The zero-order valence-corrected chi connectivity index (χ0v) is 14.6. The molecule has 0 radical (unpaired) electrons. The standard InChI is InChI=1S/C16H25BrN2O2/c1-4-7-19-16(20)11-21-14-5-6-15(17)13(8-14)10-18-9-12(2)3/h5-6,8,12,18H,4,7,9-11H2,1-3H3,(H,19,20). The summed E-state index contributed by atoms with van der Waals surface area (Å²) in [6, 6.07) is 5.78. The van der Waals surface area contributed by atoms with Gasteiger partial charge in [0.25, 0.3) is 5.91 Å². The molecule has 0 bridgehead atoms. The highest BCUT2D eigenvalue weighted by Crippen LogP contribution is 2.22. The van der Waals surface area contributed by atoms with Gasteiger partial charge in [-0.25, -0.2) is 0 Å². The first-order valence-electron chi connectivity index (χ1n) is 7.41. The Morgan fingerprint density at radius 2 is 2.14 bits per heavy atom. The van der Waals surface area contributed by atoms with E-state index in [-0.39, 0.29) is 12.5 Å². The Labute approximate surface area is 135 Å². The summed E-state index contributed by atoms with van der Waals surface area (Å²) in [5.74, 6) is 1.25. The van der Waals surface area contributed by atoms with Gasteiger partial charge in [0.15, 0.2) is 6.61 Å². The predicted molar refractivity (Wildman–Crippen MR) is 89.5 cm³/mol. The maximum atomic E-state index is 11.5. The van der Waals surface area contributed by atoms with Gasteiger partial charge in [0.1, 0.15) is 5.75 Å². The lowest BCUT2D eigenvalue weighted by Gasteiger charge is -2.12. The Kier molecular flexibility index (Phi) is 8.38. The molecule has 0 atom stereocenters. The van der Waals surface area contributed by atoms with Crippen LogP contribution in [-0.2, 0) is 11.3 Å². The van der Waals surface area contributed by atoms with Gasteiger partial charge in [0, 0.05) is 17.6 Å². The van der Waals surface area contributed by atoms with E-state index in [1.54, 1.807) is 0 Å². The molecule has 118 valence electrons. The highest BCUT2D eigenvalue weighted by molar-refractivity contribution is 9.10. The lowest BCUT2D eigenvalue weighted by atomic mass is 10.2. The molecule has 1 aromatic rings. The summed E-state index contributed by atoms with van der Waals surface area (Å²) in [4.78, 5) is 11.5. The lowest BCUT2D eigenvalue weighted by Crippen LogP contribution is -2.29. The number of rotatable bonds is 9. The van der Waals surface area contributed by atoms with E-state index in [2.05, 4.69) is 40.4 Å². The van der Waals surface area contributed by atoms with Crippen molar-refractivity contribution in [3.63, 3.8) is 0 Å². The number of ether oxygens (including phenoxy) is 1. The maximum absolute atomic E-state index is 11.5. The van der Waals surface area contributed by atoms with E-state index in [1.807, 2.05) is 25.1 Å². The molecule has 1 rings (SSSR count). The largest absolute Gasteiger partial charge is 0.484 e. The summed E-state index contributed by atoms with van der Waals surface area (Å²) in [7, 11) is 0. The molecule has 1 aromatic carbocycles. The number of carbonyl (C=O) groups excluding carboxylic acids is 1. The average molecular weight is 357 g/mol. The van der Waals surface area contributed by atoms with Crippen LogP contribution in [0, 0.1) is 5.92 Å². The molecule has 0 heterocycles. The zero-order valence-electron chi connectivity index (χ0n) is 13.0. The monoisotopic (exact) mass is 356 g/mol. The molecule has 5 heteroatoms. The SMILES string of the molecule is CCCNC(=O)COc1ccc(Br)c(CNCC(C)C)c1. The Morgan fingerprint density at radius 3 is 2.81 bits per heavy atom. The molecule has 0 saturated heterocycles. The van der Waals surface area contributed by atoms with E-state index in [1.165, 1.54) is 0 Å². The van der Waals surface area contributed by atoms with Gasteiger partial charge in [-0.2, -0.15) is 0 Å². The molecule has 0 unspecified atom stereocenters. The second-order valence-corrected chi connectivity index (χ2v) is 6.27. The van der Waals surface area contributed by atoms with Crippen LogP contribution in [0.25, 0.3) is 0 Å². The Bertz CT molecular complexity index is 450. The van der Waals surface area contributed by atoms with Gasteiger partial charge in [0.05, 0.1) is 0 Å². The Balaban J connectivity index is 2.50. The third kappa shape index (κ3) is 7.48. The minimum atomic E-state index is -0.0840. The highest BCUT2D eigenvalue weighted by atomic mass is 79.9. The number of hydrogen-bond acceptors (Lipinski definition) is 3. The van der Waals surface area contributed by atoms with Gasteiger partial charge >= 0.3 is 0 Å². The van der Waals surface area contributed by atoms with Crippen molar-refractivity contribution >= 4 is 21.8 Å². The third-order valence-electron chi connectivity index (χ3n) is 2.83. The van der Waals surface area contributed by atoms with Gasteiger partial charge in [-0.05, 0) is 42.6 Å². The van der Waals surface area contributed by atoms with Crippen molar-refractivity contribution in [2.45, 2.75) is 33.7 Å². The summed E-state index contributed by atoms with van der Waals surface area (Å²) in [6.45, 7) is 8.86. The summed E-state index contributed by atoms with van der Waals surface area (Å²) in [6.07, 6.45) is 0.926. The van der Waals surface area contributed by atoms with Crippen molar-refractivity contribution < 1.29 is 9.53 Å². The van der Waals surface area contributed by atoms with Crippen LogP contribution in [0.4, 0.5) is 0 Å². The molecule has 0 aliphatic heterocycles. The van der Waals surface area contributed by atoms with Crippen molar-refractivity contribution in [2.75, 3.05) is 19.7 Å². The van der Waals surface area contributed by atoms with Crippen LogP contribution in [0.1, 0.15) is 32.8 Å². The van der Waals surface area contributed by atoms with E-state index in [0.717, 1.165) is 29.5 Å². The van der Waals surface area contributed by atoms with E-state index < -0.39 is 0 Å². The van der Waals surface area contributed by atoms with Crippen molar-refractivity contribution in [1.82, 2.24) is 10.6 Å². The zero-order chi connectivity index (χ0) is 15.7. The van der Waals surface area contributed by atoms with Crippen LogP contribution in [-0.4, -0.2) is 25.6 Å². The highest BCUT2D eigenvalue weighted by Gasteiger charge is 2.05. The van der Waals surface area contributed by atoms with Crippen LogP contribution in [0.5, 0.6) is 5.75 Å². The van der Waals surface area contributed by atoms with E-state index >= 15 is 0 Å². The maximum Gasteiger partial charge on any atom is 0.257 e. The fraction of sp³-hybridized carbons (Fsp3) is 0.562. The molecule has 0 fully saturated rings. The summed E-state index contributed by atoms with van der Waals surface area (Å²) >= 11 is 3.54. The Hall–Kier alpha value is -1.07. The first-order valence-corrected chi connectivity index (χ1v) is 8.20. The number of amides is 1. The summed E-state index contributed by atoms with van der Waals surface area (Å²) in [5.41, 5.74) is 1.13. The topological polar surface area (TPSA) is 50.4 Å². The van der Waals surface area contributed by atoms with Crippen LogP contribution >= 0.6 is 15.9 Å². The van der Waals surface area contributed by atoms with Crippen molar-refractivity contribution in [2.24, 2.45) is 5.92 Å². The molecule has 0 aliphatic rings. The van der Waals surface area contributed by atoms with Crippen LogP contribution in [0.15, 0.2) is 22.7 Å². The minimum Gasteiger partial charge on any atom is -0.484 e. The minimum absolute atomic E-state index is 0.0560. The molecular formula is C16H25BrN2O2. The molecule has 0 aliphatic carbocycles. The van der Waals surface area contributed by atoms with Gasteiger partial charge in [-0.1, -0.05) is 36.7 Å². The fourth-order valence-electron chi connectivity index (χ4n) is 1.74. The van der Waals surface area contributed by atoms with Gasteiger partial charge < -0.3 is 15.4 Å². The molecular weight excluding hydrogens is 332 g/mol. The quantitative estimate of drug-likeness (QED) is 0.714. The number of hydrogen-bond donors (Lipinski definition) is 2. The van der Waals surface area contributed by atoms with Crippen LogP contribution < -0.4 is 15.4 Å². The van der Waals surface area contributed by atoms with Gasteiger partial charge in [-0.3, -0.25) is 4.79 Å². The van der Waals surface area contributed by atoms with Crippen molar-refractivity contribution in [3.8, 4) is 5.75 Å². The molecule has 4 nitrogen and oxygen atoms in total. The molecule has 1 amide bonds. The predicted octanol–water partition coefficient (Wildman–Crippen LogP) is 3.10. The molecule has 2 N–H and O–H groups in total. The third-order valence-corrected chi connectivity index (χ3v) is 3.60. The van der Waals surface area contributed by atoms with E-state index in [0.29, 0.717) is 18.2 Å². The average Bonchev–Trinajstić information content (AvgIpc) is 2.45. The molecule has 0 spiro atoms. The van der Waals surface area contributed by atoms with Crippen LogP contribution in [0.3, 0.4) is 0 Å². The molecule has 0 saturated carbocycles. The van der Waals surface area contributed by atoms with E-state index in [4.69, 9.17) is 4.74 Å².